The zero-order valence-electron chi connectivity index (χ0n) is 11.9. The highest BCUT2D eigenvalue weighted by atomic mass is 35.5. The maximum Gasteiger partial charge on any atom is 0.0713 e. The van der Waals surface area contributed by atoms with Crippen molar-refractivity contribution in [1.29, 1.82) is 0 Å². The minimum Gasteiger partial charge on any atom is -0.380 e. The number of halogens is 1. The van der Waals surface area contributed by atoms with Crippen LogP contribution in [0, 0.1) is 0 Å². The Bertz CT molecular complexity index is 632. The van der Waals surface area contributed by atoms with Crippen LogP contribution in [-0.2, 0) is 11.3 Å². The second kappa shape index (κ2) is 6.73. The molecule has 1 atom stereocenters. The monoisotopic (exact) mass is 319 g/mol. The van der Waals surface area contributed by atoms with E-state index in [0.717, 1.165) is 22.9 Å². The van der Waals surface area contributed by atoms with Crippen LogP contribution in [0.15, 0.2) is 47.4 Å². The van der Waals surface area contributed by atoms with Crippen LogP contribution in [0.3, 0.4) is 0 Å². The first-order valence-electron chi connectivity index (χ1n) is 7.03. The summed E-state index contributed by atoms with van der Waals surface area (Å²) < 4.78 is 5.20. The van der Waals surface area contributed by atoms with Crippen molar-refractivity contribution in [3.63, 3.8) is 0 Å². The van der Waals surface area contributed by atoms with E-state index in [2.05, 4.69) is 41.7 Å². The Hall–Kier alpha value is -1.16. The maximum atomic E-state index is 6.16. The van der Waals surface area contributed by atoms with Crippen molar-refractivity contribution >= 4 is 29.1 Å². The lowest BCUT2D eigenvalue weighted by Crippen LogP contribution is -2.16. The Morgan fingerprint density at radius 1 is 1.29 bits per heavy atom. The number of fused-ring (bicyclic) bond motifs is 1. The molecule has 1 heterocycles. The summed E-state index contributed by atoms with van der Waals surface area (Å²) in [7, 11) is 1.72. The molecule has 1 N–H and O–H groups in total. The molecule has 2 nitrogen and oxygen atoms in total. The maximum absolute atomic E-state index is 6.16. The van der Waals surface area contributed by atoms with Gasteiger partial charge in [0.1, 0.15) is 0 Å². The highest BCUT2D eigenvalue weighted by Gasteiger charge is 2.20. The first-order valence-corrected chi connectivity index (χ1v) is 8.39. The molecule has 2 aromatic carbocycles. The molecule has 1 aliphatic heterocycles. The molecule has 110 valence electrons. The molecule has 21 heavy (non-hydrogen) atoms. The second-order valence-corrected chi connectivity index (χ2v) is 6.72. The number of methoxy groups -OCH3 is 1. The molecule has 0 aliphatic carbocycles. The summed E-state index contributed by atoms with van der Waals surface area (Å²) in [5.41, 5.74) is 3.61. The Balaban J connectivity index is 1.83. The Morgan fingerprint density at radius 2 is 2.19 bits per heavy atom. The lowest BCUT2D eigenvalue weighted by molar-refractivity contribution is 0.185. The first kappa shape index (κ1) is 14.8. The van der Waals surface area contributed by atoms with Gasteiger partial charge in [0.2, 0.25) is 0 Å². The van der Waals surface area contributed by atoms with Gasteiger partial charge >= 0.3 is 0 Å². The summed E-state index contributed by atoms with van der Waals surface area (Å²) in [6.45, 7) is 0.637. The van der Waals surface area contributed by atoms with E-state index < -0.39 is 0 Å². The van der Waals surface area contributed by atoms with Gasteiger partial charge in [-0.2, -0.15) is 0 Å². The van der Waals surface area contributed by atoms with E-state index in [0.29, 0.717) is 12.6 Å². The van der Waals surface area contributed by atoms with Crippen LogP contribution in [-0.4, -0.2) is 12.9 Å². The molecule has 3 rings (SSSR count). The van der Waals surface area contributed by atoms with Crippen molar-refractivity contribution < 1.29 is 4.74 Å². The number of nitrogens with one attached hydrogen (secondary N) is 1. The van der Waals surface area contributed by atoms with Gasteiger partial charge in [0.15, 0.2) is 0 Å². The zero-order chi connectivity index (χ0) is 14.7. The molecule has 0 spiro atoms. The van der Waals surface area contributed by atoms with Crippen LogP contribution in [0.5, 0.6) is 0 Å². The summed E-state index contributed by atoms with van der Waals surface area (Å²) in [4.78, 5) is 1.33. The third-order valence-electron chi connectivity index (χ3n) is 3.59. The van der Waals surface area contributed by atoms with E-state index in [1.807, 2.05) is 17.8 Å². The van der Waals surface area contributed by atoms with Crippen LogP contribution >= 0.6 is 23.4 Å². The molecule has 0 aromatic heterocycles. The number of benzene rings is 2. The van der Waals surface area contributed by atoms with Gasteiger partial charge in [0, 0.05) is 28.5 Å². The van der Waals surface area contributed by atoms with Gasteiger partial charge in [-0.25, -0.2) is 0 Å². The summed E-state index contributed by atoms with van der Waals surface area (Å²) in [5.74, 6) is 1.13. The Kier molecular flexibility index (Phi) is 4.73. The Morgan fingerprint density at radius 3 is 3.05 bits per heavy atom. The number of rotatable bonds is 4. The Labute approximate surface area is 134 Å². The SMILES string of the molecule is COCc1cccc(NC2CCSc3ccc(Cl)cc32)c1. The van der Waals surface area contributed by atoms with Gasteiger partial charge in [0.05, 0.1) is 12.6 Å². The average molecular weight is 320 g/mol. The molecule has 1 unspecified atom stereocenters. The molecule has 2 aromatic rings. The smallest absolute Gasteiger partial charge is 0.0713 e. The number of hydrogen-bond acceptors (Lipinski definition) is 3. The third kappa shape index (κ3) is 3.54. The minimum atomic E-state index is 0.317. The van der Waals surface area contributed by atoms with Crippen LogP contribution in [0.1, 0.15) is 23.6 Å². The van der Waals surface area contributed by atoms with Crippen LogP contribution < -0.4 is 5.32 Å². The highest BCUT2D eigenvalue weighted by molar-refractivity contribution is 7.99. The minimum absolute atomic E-state index is 0.317. The number of anilines is 1. The van der Waals surface area contributed by atoms with Crippen LogP contribution in [0.4, 0.5) is 5.69 Å². The predicted molar refractivity (Wildman–Crippen MR) is 90.3 cm³/mol. The fourth-order valence-corrected chi connectivity index (χ4v) is 3.92. The molecule has 0 radical (unpaired) electrons. The van der Waals surface area contributed by atoms with Crippen molar-refractivity contribution in [3.8, 4) is 0 Å². The highest BCUT2D eigenvalue weighted by Crippen LogP contribution is 2.39. The molecule has 0 bridgehead atoms. The van der Waals surface area contributed by atoms with E-state index in [4.69, 9.17) is 16.3 Å². The molecule has 0 saturated carbocycles. The molecule has 4 heteroatoms. The van der Waals surface area contributed by atoms with Crippen molar-refractivity contribution in [3.05, 3.63) is 58.6 Å². The van der Waals surface area contributed by atoms with E-state index in [1.54, 1.807) is 7.11 Å². The van der Waals surface area contributed by atoms with Crippen LogP contribution in [0.2, 0.25) is 5.02 Å². The van der Waals surface area contributed by atoms with Gasteiger partial charge in [-0.1, -0.05) is 23.7 Å². The van der Waals surface area contributed by atoms with E-state index in [9.17, 15) is 0 Å². The molecule has 0 amide bonds. The van der Waals surface area contributed by atoms with E-state index >= 15 is 0 Å². The number of thioether (sulfide) groups is 1. The summed E-state index contributed by atoms with van der Waals surface area (Å²) in [6.07, 6.45) is 1.10. The van der Waals surface area contributed by atoms with Crippen molar-refractivity contribution in [2.45, 2.75) is 24.0 Å². The summed E-state index contributed by atoms with van der Waals surface area (Å²) >= 11 is 8.06. The average Bonchev–Trinajstić information content (AvgIpc) is 2.49. The standard InChI is InChI=1S/C17H18ClNOS/c1-20-11-12-3-2-4-14(9-12)19-16-7-8-21-17-6-5-13(18)10-15(16)17/h2-6,9-10,16,19H,7-8,11H2,1H3. The van der Waals surface area contributed by atoms with Gasteiger partial charge < -0.3 is 10.1 Å². The van der Waals surface area contributed by atoms with Gasteiger partial charge in [-0.05, 0) is 47.9 Å². The molecule has 0 fully saturated rings. The molecule has 0 saturated heterocycles. The predicted octanol–water partition coefficient (Wildman–Crippen LogP) is 5.14. The molecule has 1 aliphatic rings. The van der Waals surface area contributed by atoms with E-state index in [1.165, 1.54) is 16.0 Å². The lowest BCUT2D eigenvalue weighted by atomic mass is 10.0. The zero-order valence-corrected chi connectivity index (χ0v) is 13.5. The van der Waals surface area contributed by atoms with Crippen molar-refractivity contribution in [2.24, 2.45) is 0 Å². The second-order valence-electron chi connectivity index (χ2n) is 5.15. The van der Waals surface area contributed by atoms with E-state index in [-0.39, 0.29) is 0 Å². The third-order valence-corrected chi connectivity index (χ3v) is 4.95. The first-order chi connectivity index (χ1) is 10.3. The topological polar surface area (TPSA) is 21.3 Å². The fraction of sp³-hybridized carbons (Fsp3) is 0.294. The summed E-state index contributed by atoms with van der Waals surface area (Å²) in [5, 5.41) is 4.44. The van der Waals surface area contributed by atoms with Crippen LogP contribution in [0.25, 0.3) is 0 Å². The lowest BCUT2D eigenvalue weighted by Gasteiger charge is -2.27. The largest absolute Gasteiger partial charge is 0.380 e. The van der Waals surface area contributed by atoms with Crippen molar-refractivity contribution in [2.75, 3.05) is 18.2 Å². The number of ether oxygens (including phenoxy) is 1. The molecular formula is C17H18ClNOS. The van der Waals surface area contributed by atoms with Gasteiger partial charge in [0.25, 0.3) is 0 Å². The van der Waals surface area contributed by atoms with Crippen molar-refractivity contribution in [1.82, 2.24) is 0 Å². The molecular weight excluding hydrogens is 302 g/mol. The summed E-state index contributed by atoms with van der Waals surface area (Å²) in [6, 6.07) is 14.9. The van der Waals surface area contributed by atoms with Gasteiger partial charge in [-0.3, -0.25) is 0 Å². The number of hydrogen-bond donors (Lipinski definition) is 1. The normalized spacial score (nSPS) is 17.3. The fourth-order valence-electron chi connectivity index (χ4n) is 2.63. The quantitative estimate of drug-likeness (QED) is 0.843. The van der Waals surface area contributed by atoms with Gasteiger partial charge in [-0.15, -0.1) is 11.8 Å².